The third-order valence-corrected chi connectivity index (χ3v) is 6.27. The molecule has 2 aromatic rings. The van der Waals surface area contributed by atoms with Gasteiger partial charge in [-0.05, 0) is 25.3 Å². The Labute approximate surface area is 219 Å². The number of carbonyl (C=O) groups excluding carboxylic acids is 3. The van der Waals surface area contributed by atoms with Gasteiger partial charge in [-0.1, -0.05) is 48.5 Å². The second kappa shape index (κ2) is 11.9. The van der Waals surface area contributed by atoms with Crippen molar-refractivity contribution in [3.8, 4) is 0 Å². The van der Waals surface area contributed by atoms with E-state index in [2.05, 4.69) is 15.6 Å². The van der Waals surface area contributed by atoms with Crippen molar-refractivity contribution < 1.29 is 40.7 Å². The first kappa shape index (κ1) is 29.7. The van der Waals surface area contributed by atoms with Gasteiger partial charge in [-0.2, -0.15) is 26.3 Å². The van der Waals surface area contributed by atoms with Crippen LogP contribution in [0.4, 0.5) is 32.0 Å². The largest absolute Gasteiger partial charge is 0.389 e. The second-order valence-electron chi connectivity index (χ2n) is 9.16. The summed E-state index contributed by atoms with van der Waals surface area (Å²) in [6.07, 6.45) is -16.3. The fourth-order valence-corrected chi connectivity index (χ4v) is 4.34. The van der Waals surface area contributed by atoms with Crippen molar-refractivity contribution in [2.24, 2.45) is 22.6 Å². The van der Waals surface area contributed by atoms with E-state index in [0.29, 0.717) is 22.4 Å². The van der Waals surface area contributed by atoms with Crippen LogP contribution < -0.4 is 16.4 Å². The molecule has 1 aliphatic rings. The molecule has 0 bridgehead atoms. The van der Waals surface area contributed by atoms with Gasteiger partial charge in [-0.25, -0.2) is 4.99 Å². The van der Waals surface area contributed by atoms with E-state index in [-0.39, 0.29) is 5.71 Å². The minimum absolute atomic E-state index is 0.285. The molecule has 0 saturated heterocycles. The minimum atomic E-state index is -4.76. The van der Waals surface area contributed by atoms with Crippen LogP contribution in [0.3, 0.4) is 0 Å². The Hall–Kier alpha value is -3.90. The summed E-state index contributed by atoms with van der Waals surface area (Å²) in [6, 6.07) is 13.7. The number of para-hydroxylation sites is 1. The summed E-state index contributed by atoms with van der Waals surface area (Å²) in [6.45, 7) is 1.73. The number of rotatable bonds is 9. The zero-order valence-electron chi connectivity index (χ0n) is 20.7. The number of halogens is 6. The zero-order chi connectivity index (χ0) is 29.0. The highest BCUT2D eigenvalue weighted by Gasteiger charge is 2.40. The summed E-state index contributed by atoms with van der Waals surface area (Å²) in [5, 5.41) is 4.89. The average molecular weight is 557 g/mol. The van der Waals surface area contributed by atoms with Crippen LogP contribution in [0, 0.1) is 18.8 Å². The molecule has 13 heteroatoms. The lowest BCUT2D eigenvalue weighted by molar-refractivity contribution is -0.152. The van der Waals surface area contributed by atoms with Gasteiger partial charge >= 0.3 is 12.4 Å². The summed E-state index contributed by atoms with van der Waals surface area (Å²) in [5.74, 6) is -7.18. The predicted octanol–water partition coefficient (Wildman–Crippen LogP) is 4.63. The third-order valence-electron chi connectivity index (χ3n) is 6.27. The highest BCUT2D eigenvalue weighted by molar-refractivity contribution is 6.20. The van der Waals surface area contributed by atoms with Crippen molar-refractivity contribution in [2.45, 2.75) is 51.1 Å². The van der Waals surface area contributed by atoms with Gasteiger partial charge < -0.3 is 16.4 Å². The van der Waals surface area contributed by atoms with Crippen molar-refractivity contribution in [3.05, 3.63) is 65.2 Å². The summed E-state index contributed by atoms with van der Waals surface area (Å²) < 4.78 is 77.6. The molecule has 1 heterocycles. The minimum Gasteiger partial charge on any atom is -0.369 e. The monoisotopic (exact) mass is 556 g/mol. The van der Waals surface area contributed by atoms with Crippen LogP contribution in [0.1, 0.15) is 42.4 Å². The molecule has 0 aliphatic carbocycles. The van der Waals surface area contributed by atoms with Crippen LogP contribution in [0.25, 0.3) is 0 Å². The lowest BCUT2D eigenvalue weighted by atomic mass is 9.83. The Morgan fingerprint density at radius 1 is 0.949 bits per heavy atom. The van der Waals surface area contributed by atoms with Gasteiger partial charge in [0.05, 0.1) is 11.4 Å². The standard InChI is InChI=1S/C26H26F6N4O3/c1-14-6-5-9-18-19(14)35-24(39)22(34-20(18)15-7-3-2-4-8-15)36-23(38)17(11-13-26(30,31)32)16(21(33)37)10-12-25(27,28)29/h2-9,16-17,22H,10-13H2,1H3,(H2,33,37)(H,35,39)(H,36,38). The molecule has 3 rings (SSSR count). The molecule has 0 radical (unpaired) electrons. The number of nitrogens with two attached hydrogens (primary N) is 1. The van der Waals surface area contributed by atoms with Gasteiger partial charge in [0.2, 0.25) is 18.0 Å². The smallest absolute Gasteiger partial charge is 0.369 e. The van der Waals surface area contributed by atoms with Crippen molar-refractivity contribution >= 4 is 29.1 Å². The summed E-state index contributed by atoms with van der Waals surface area (Å²) in [5.41, 5.74) is 7.66. The molecule has 0 fully saturated rings. The Morgan fingerprint density at radius 3 is 2.10 bits per heavy atom. The number of carbonyl (C=O) groups is 3. The number of benzodiazepines with no additional fused rings is 1. The molecule has 1 aliphatic heterocycles. The molecule has 7 nitrogen and oxygen atoms in total. The first-order valence-corrected chi connectivity index (χ1v) is 11.9. The van der Waals surface area contributed by atoms with Crippen LogP contribution >= 0.6 is 0 Å². The van der Waals surface area contributed by atoms with Crippen LogP contribution in [0.5, 0.6) is 0 Å². The highest BCUT2D eigenvalue weighted by atomic mass is 19.4. The maximum Gasteiger partial charge on any atom is 0.389 e. The summed E-state index contributed by atoms with van der Waals surface area (Å²) in [4.78, 5) is 42.7. The molecule has 0 aromatic heterocycles. The summed E-state index contributed by atoms with van der Waals surface area (Å²) >= 11 is 0. The molecule has 3 unspecified atom stereocenters. The number of aliphatic imine (C=N–C) groups is 1. The summed E-state index contributed by atoms with van der Waals surface area (Å²) in [7, 11) is 0. The number of nitrogens with one attached hydrogen (secondary N) is 2. The Kier molecular flexibility index (Phi) is 9.03. The third kappa shape index (κ3) is 8.04. The van der Waals surface area contributed by atoms with Crippen LogP contribution in [0.15, 0.2) is 53.5 Å². The molecule has 39 heavy (non-hydrogen) atoms. The quantitative estimate of drug-likeness (QED) is 0.392. The second-order valence-corrected chi connectivity index (χ2v) is 9.16. The number of hydrogen-bond acceptors (Lipinski definition) is 4. The van der Waals surface area contributed by atoms with Gasteiger partial charge in [0.15, 0.2) is 0 Å². The number of benzene rings is 2. The Balaban J connectivity index is 1.99. The van der Waals surface area contributed by atoms with Crippen LogP contribution in [-0.4, -0.2) is 42.0 Å². The maximum atomic E-state index is 13.2. The molecular formula is C26H26F6N4O3. The fourth-order valence-electron chi connectivity index (χ4n) is 4.34. The Morgan fingerprint density at radius 2 is 1.54 bits per heavy atom. The molecular weight excluding hydrogens is 530 g/mol. The van der Waals surface area contributed by atoms with Gasteiger partial charge in [-0.15, -0.1) is 0 Å². The van der Waals surface area contributed by atoms with E-state index < -0.39 is 73.8 Å². The molecule has 2 aromatic carbocycles. The van der Waals surface area contributed by atoms with Crippen molar-refractivity contribution in [2.75, 3.05) is 5.32 Å². The molecule has 0 spiro atoms. The van der Waals surface area contributed by atoms with Gasteiger partial charge in [0, 0.05) is 35.8 Å². The molecule has 3 atom stereocenters. The van der Waals surface area contributed by atoms with Crippen molar-refractivity contribution in [1.29, 1.82) is 0 Å². The lowest BCUT2D eigenvalue weighted by Crippen LogP contribution is -2.48. The van der Waals surface area contributed by atoms with Gasteiger partial charge in [0.1, 0.15) is 0 Å². The lowest BCUT2D eigenvalue weighted by Gasteiger charge is -2.26. The molecule has 4 N–H and O–H groups in total. The van der Waals surface area contributed by atoms with E-state index in [0.717, 1.165) is 0 Å². The number of fused-ring (bicyclic) bond motifs is 1. The van der Waals surface area contributed by atoms with Crippen molar-refractivity contribution in [3.63, 3.8) is 0 Å². The van der Waals surface area contributed by atoms with E-state index >= 15 is 0 Å². The van der Waals surface area contributed by atoms with E-state index in [1.807, 2.05) is 0 Å². The number of primary amides is 1. The van der Waals surface area contributed by atoms with Crippen molar-refractivity contribution in [1.82, 2.24) is 5.32 Å². The molecule has 0 saturated carbocycles. The Bertz CT molecular complexity index is 1240. The molecule has 3 amide bonds. The maximum absolute atomic E-state index is 13.2. The zero-order valence-corrected chi connectivity index (χ0v) is 20.7. The first-order chi connectivity index (χ1) is 18.2. The van der Waals surface area contributed by atoms with Gasteiger partial charge in [0.25, 0.3) is 5.91 Å². The number of aryl methyl sites for hydroxylation is 1. The normalized spacial score (nSPS) is 17.3. The fraction of sp³-hybridized carbons (Fsp3) is 0.385. The topological polar surface area (TPSA) is 114 Å². The van der Waals surface area contributed by atoms with E-state index in [4.69, 9.17) is 5.73 Å². The van der Waals surface area contributed by atoms with E-state index in [1.165, 1.54) is 0 Å². The highest BCUT2D eigenvalue weighted by Crippen LogP contribution is 2.33. The van der Waals surface area contributed by atoms with Crippen LogP contribution in [-0.2, 0) is 14.4 Å². The van der Waals surface area contributed by atoms with E-state index in [9.17, 15) is 40.7 Å². The van der Waals surface area contributed by atoms with E-state index in [1.54, 1.807) is 55.5 Å². The number of nitrogens with zero attached hydrogens (tertiary/aromatic N) is 1. The average Bonchev–Trinajstić information content (AvgIpc) is 2.97. The number of anilines is 1. The number of amides is 3. The SMILES string of the molecule is Cc1cccc2c1NC(=O)C(NC(=O)C(CCC(F)(F)F)C(CCC(F)(F)F)C(N)=O)N=C2c1ccccc1. The predicted molar refractivity (Wildman–Crippen MR) is 131 cm³/mol. The van der Waals surface area contributed by atoms with Gasteiger partial charge in [-0.3, -0.25) is 14.4 Å². The first-order valence-electron chi connectivity index (χ1n) is 11.9. The number of hydrogen-bond donors (Lipinski definition) is 3. The molecule has 210 valence electrons. The number of alkyl halides is 6. The van der Waals surface area contributed by atoms with Crippen LogP contribution in [0.2, 0.25) is 0 Å².